The number of rotatable bonds is 3. The topological polar surface area (TPSA) is 62.6 Å². The predicted molar refractivity (Wildman–Crippen MR) is 67.1 cm³/mol. The smallest absolute Gasteiger partial charge is 0.226 e. The third kappa shape index (κ3) is 2.39. The van der Waals surface area contributed by atoms with E-state index < -0.39 is 0 Å². The molecule has 1 aromatic heterocycles. The highest BCUT2D eigenvalue weighted by atomic mass is 79.9. The van der Waals surface area contributed by atoms with Crippen LogP contribution in [0.15, 0.2) is 22.0 Å². The van der Waals surface area contributed by atoms with Crippen LogP contribution in [0.1, 0.15) is 0 Å². The maximum Gasteiger partial charge on any atom is 0.226 e. The summed E-state index contributed by atoms with van der Waals surface area (Å²) < 4.78 is 0.886. The van der Waals surface area contributed by atoms with Gasteiger partial charge in [0.05, 0.1) is 23.3 Å². The number of oxime groups is 1. The molecule has 1 N–H and O–H groups in total. The van der Waals surface area contributed by atoms with E-state index in [2.05, 4.69) is 36.4 Å². The van der Waals surface area contributed by atoms with Crippen LogP contribution in [-0.2, 0) is 4.84 Å². The first-order valence-electron chi connectivity index (χ1n) is 5.46. The van der Waals surface area contributed by atoms with Crippen molar-refractivity contribution in [1.82, 2.24) is 15.3 Å². The van der Waals surface area contributed by atoms with Crippen LogP contribution in [-0.4, -0.2) is 48.0 Å². The molecule has 1 aromatic rings. The van der Waals surface area contributed by atoms with E-state index >= 15 is 0 Å². The van der Waals surface area contributed by atoms with Gasteiger partial charge in [0.1, 0.15) is 0 Å². The van der Waals surface area contributed by atoms with Gasteiger partial charge in [0.2, 0.25) is 5.95 Å². The Labute approximate surface area is 107 Å². The van der Waals surface area contributed by atoms with Gasteiger partial charge in [0, 0.05) is 25.5 Å². The van der Waals surface area contributed by atoms with E-state index in [1.165, 1.54) is 0 Å². The molecule has 0 saturated carbocycles. The van der Waals surface area contributed by atoms with Crippen molar-refractivity contribution in [3.63, 3.8) is 0 Å². The maximum atomic E-state index is 5.34. The molecule has 2 saturated heterocycles. The number of hydrogen-bond acceptors (Lipinski definition) is 6. The summed E-state index contributed by atoms with van der Waals surface area (Å²) >= 11 is 3.31. The molecule has 0 unspecified atom stereocenters. The Hall–Kier alpha value is -1.21. The van der Waals surface area contributed by atoms with Gasteiger partial charge >= 0.3 is 0 Å². The van der Waals surface area contributed by atoms with Crippen molar-refractivity contribution < 1.29 is 4.84 Å². The van der Waals surface area contributed by atoms with Crippen LogP contribution in [0.5, 0.6) is 0 Å². The molecular weight excluding hydrogens is 286 g/mol. The van der Waals surface area contributed by atoms with Crippen LogP contribution in [0.2, 0.25) is 0 Å². The Balaban J connectivity index is 1.51. The van der Waals surface area contributed by atoms with Crippen molar-refractivity contribution in [2.45, 2.75) is 6.10 Å². The lowest BCUT2D eigenvalue weighted by molar-refractivity contribution is 0.0222. The summed E-state index contributed by atoms with van der Waals surface area (Å²) in [4.78, 5) is 15.8. The van der Waals surface area contributed by atoms with Gasteiger partial charge in [-0.15, -0.1) is 0 Å². The minimum Gasteiger partial charge on any atom is -0.390 e. The number of halogens is 1. The van der Waals surface area contributed by atoms with Crippen molar-refractivity contribution in [1.29, 1.82) is 0 Å². The summed E-state index contributed by atoms with van der Waals surface area (Å²) in [6, 6.07) is 0. The largest absolute Gasteiger partial charge is 0.390 e. The van der Waals surface area contributed by atoms with Crippen molar-refractivity contribution >= 4 is 27.6 Å². The highest BCUT2D eigenvalue weighted by molar-refractivity contribution is 9.10. The summed E-state index contributed by atoms with van der Waals surface area (Å²) in [5.41, 5.74) is 1.04. The van der Waals surface area contributed by atoms with E-state index in [1.54, 1.807) is 12.4 Å². The molecule has 2 fully saturated rings. The van der Waals surface area contributed by atoms with Crippen molar-refractivity contribution in [2.75, 3.05) is 31.1 Å². The van der Waals surface area contributed by atoms with Crippen molar-refractivity contribution in [3.05, 3.63) is 16.9 Å². The molecular formula is C10H12BrN5O. The molecule has 2 aliphatic rings. The third-order valence-electron chi connectivity index (χ3n) is 2.71. The minimum atomic E-state index is 0.250. The van der Waals surface area contributed by atoms with E-state index in [9.17, 15) is 0 Å². The fourth-order valence-corrected chi connectivity index (χ4v) is 1.75. The van der Waals surface area contributed by atoms with Crippen molar-refractivity contribution in [2.24, 2.45) is 5.16 Å². The molecule has 6 nitrogen and oxygen atoms in total. The van der Waals surface area contributed by atoms with Gasteiger partial charge in [-0.2, -0.15) is 0 Å². The van der Waals surface area contributed by atoms with Crippen LogP contribution in [0, 0.1) is 0 Å². The Morgan fingerprint density at radius 1 is 1.35 bits per heavy atom. The lowest BCUT2D eigenvalue weighted by atomic mass is 10.2. The van der Waals surface area contributed by atoms with Crippen LogP contribution in [0.25, 0.3) is 0 Å². The zero-order chi connectivity index (χ0) is 11.7. The zero-order valence-corrected chi connectivity index (χ0v) is 10.7. The monoisotopic (exact) mass is 297 g/mol. The second kappa shape index (κ2) is 4.58. The lowest BCUT2D eigenvalue weighted by Gasteiger charge is -2.33. The number of hydrogen-bond donors (Lipinski definition) is 1. The molecule has 3 rings (SSSR count). The number of aromatic nitrogens is 2. The van der Waals surface area contributed by atoms with E-state index in [-0.39, 0.29) is 6.10 Å². The Morgan fingerprint density at radius 3 is 2.65 bits per heavy atom. The molecule has 0 spiro atoms. The van der Waals surface area contributed by atoms with E-state index in [0.29, 0.717) is 0 Å². The zero-order valence-electron chi connectivity index (χ0n) is 9.14. The third-order valence-corrected chi connectivity index (χ3v) is 3.12. The first-order valence-corrected chi connectivity index (χ1v) is 6.25. The summed E-state index contributed by atoms with van der Waals surface area (Å²) in [6.07, 6.45) is 3.74. The fourth-order valence-electron chi connectivity index (χ4n) is 1.55. The Morgan fingerprint density at radius 2 is 2.06 bits per heavy atom. The molecule has 7 heteroatoms. The van der Waals surface area contributed by atoms with E-state index in [4.69, 9.17) is 4.84 Å². The Bertz CT molecular complexity index is 423. The minimum absolute atomic E-state index is 0.250. The maximum absolute atomic E-state index is 5.34. The first-order chi connectivity index (χ1) is 8.31. The molecule has 0 aliphatic carbocycles. The molecule has 0 radical (unpaired) electrons. The molecule has 2 aliphatic heterocycles. The van der Waals surface area contributed by atoms with Gasteiger partial charge in [-0.05, 0) is 15.9 Å². The van der Waals surface area contributed by atoms with Gasteiger partial charge < -0.3 is 15.1 Å². The summed E-state index contributed by atoms with van der Waals surface area (Å²) in [6.45, 7) is 3.30. The van der Waals surface area contributed by atoms with Crippen LogP contribution in [0.4, 0.5) is 5.95 Å². The lowest BCUT2D eigenvalue weighted by Crippen LogP contribution is -2.50. The van der Waals surface area contributed by atoms with Gasteiger partial charge in [-0.25, -0.2) is 9.97 Å². The number of anilines is 1. The highest BCUT2D eigenvalue weighted by Gasteiger charge is 2.26. The molecule has 0 atom stereocenters. The predicted octanol–water partition coefficient (Wildman–Crippen LogP) is 0.403. The summed E-state index contributed by atoms with van der Waals surface area (Å²) in [5.74, 6) is 0.734. The average molecular weight is 298 g/mol. The van der Waals surface area contributed by atoms with Crippen molar-refractivity contribution in [3.8, 4) is 0 Å². The van der Waals surface area contributed by atoms with E-state index in [0.717, 1.165) is 42.3 Å². The van der Waals surface area contributed by atoms with Crippen LogP contribution < -0.4 is 10.2 Å². The second-order valence-corrected chi connectivity index (χ2v) is 5.02. The SMILES string of the molecule is Brc1cnc(N2CC(=NOC3CNC3)C2)nc1. The van der Waals surface area contributed by atoms with Gasteiger partial charge in [-0.1, -0.05) is 5.16 Å². The normalized spacial score (nSPS) is 19.6. The molecule has 90 valence electrons. The molecule has 0 amide bonds. The van der Waals surface area contributed by atoms with Crippen LogP contribution >= 0.6 is 15.9 Å². The number of nitrogens with zero attached hydrogens (tertiary/aromatic N) is 4. The summed E-state index contributed by atoms with van der Waals surface area (Å²) in [5, 5.41) is 7.25. The van der Waals surface area contributed by atoms with E-state index in [1.807, 2.05) is 4.90 Å². The molecule has 17 heavy (non-hydrogen) atoms. The molecule has 0 bridgehead atoms. The quantitative estimate of drug-likeness (QED) is 0.819. The van der Waals surface area contributed by atoms with Gasteiger partial charge in [0.25, 0.3) is 0 Å². The second-order valence-electron chi connectivity index (χ2n) is 4.10. The average Bonchev–Trinajstić information content (AvgIpc) is 2.21. The molecule has 3 heterocycles. The number of nitrogens with one attached hydrogen (secondary N) is 1. The standard InChI is InChI=1S/C10H12BrN5O/c11-7-1-13-10(14-2-7)16-5-8(6-16)15-17-9-3-12-4-9/h1-2,9,12H,3-6H2. The Kier molecular flexibility index (Phi) is 2.94. The summed E-state index contributed by atoms with van der Waals surface area (Å²) in [7, 11) is 0. The van der Waals surface area contributed by atoms with Gasteiger partial charge in [0.15, 0.2) is 6.10 Å². The highest BCUT2D eigenvalue weighted by Crippen LogP contribution is 2.16. The fraction of sp³-hybridized carbons (Fsp3) is 0.500. The first kappa shape index (κ1) is 10.9. The van der Waals surface area contributed by atoms with Crippen LogP contribution in [0.3, 0.4) is 0 Å². The molecule has 0 aromatic carbocycles. The van der Waals surface area contributed by atoms with Gasteiger partial charge in [-0.3, -0.25) is 0 Å².